The molecule has 0 saturated carbocycles. The van der Waals surface area contributed by atoms with Gasteiger partial charge in [-0.15, -0.1) is 0 Å². The van der Waals surface area contributed by atoms with Gasteiger partial charge < -0.3 is 14.6 Å². The highest BCUT2D eigenvalue weighted by molar-refractivity contribution is 5.72. The first-order chi connectivity index (χ1) is 17.0. The number of pyridine rings is 1. The lowest BCUT2D eigenvalue weighted by molar-refractivity contribution is 0.302. The van der Waals surface area contributed by atoms with E-state index in [-0.39, 0.29) is 11.0 Å². The molecular weight excluding hydrogens is 448 g/mol. The average molecular weight is 489 g/mol. The van der Waals surface area contributed by atoms with Gasteiger partial charge in [-0.2, -0.15) is 0 Å². The lowest BCUT2D eigenvalue weighted by atomic mass is 9.82. The number of nitrogens with one attached hydrogen (secondary N) is 1. The lowest BCUT2D eigenvalue weighted by Crippen LogP contribution is -2.36. The Morgan fingerprint density at radius 1 is 1.00 bits per heavy atom. The third-order valence-electron chi connectivity index (χ3n) is 6.33. The molecule has 0 bridgehead atoms. The van der Waals surface area contributed by atoms with Crippen molar-refractivity contribution < 1.29 is 9.26 Å². The molecule has 0 radical (unpaired) electrons. The molecule has 0 aliphatic heterocycles. The fourth-order valence-electron chi connectivity index (χ4n) is 5.32. The maximum absolute atomic E-state index is 5.60. The molecule has 0 fully saturated rings. The van der Waals surface area contributed by atoms with Gasteiger partial charge >= 0.3 is 0 Å². The molecule has 4 rings (SSSR count). The zero-order valence-electron chi connectivity index (χ0n) is 23.0. The summed E-state index contributed by atoms with van der Waals surface area (Å²) in [5.41, 5.74) is 6.38. The summed E-state index contributed by atoms with van der Waals surface area (Å²) in [7, 11) is 0. The molecule has 0 spiro atoms. The van der Waals surface area contributed by atoms with E-state index in [9.17, 15) is 0 Å². The minimum absolute atomic E-state index is 0.0948. The standard InChI is InChI=1S/C30H40N4O2/c1-9-35-24-13-10-22(11-14-24)12-15-25-28(32-30(7,8)19-29(4,5)6)34-17-16-23(18-26(34)31-25)27-20(2)33-36-21(27)3/h10-11,13-14,16-18,32H,9,12,15,19H2,1-8H3. The van der Waals surface area contributed by atoms with Crippen molar-refractivity contribution in [2.75, 3.05) is 11.9 Å². The highest BCUT2D eigenvalue weighted by Gasteiger charge is 2.28. The number of anilines is 1. The zero-order chi connectivity index (χ0) is 26.1. The lowest BCUT2D eigenvalue weighted by Gasteiger charge is -2.34. The summed E-state index contributed by atoms with van der Waals surface area (Å²) in [6.45, 7) is 18.0. The van der Waals surface area contributed by atoms with Crippen LogP contribution in [-0.2, 0) is 12.8 Å². The first-order valence-corrected chi connectivity index (χ1v) is 12.9. The van der Waals surface area contributed by atoms with Crippen LogP contribution in [0.4, 0.5) is 5.82 Å². The largest absolute Gasteiger partial charge is 0.494 e. The van der Waals surface area contributed by atoms with E-state index >= 15 is 0 Å². The van der Waals surface area contributed by atoms with Gasteiger partial charge in [0, 0.05) is 17.3 Å². The number of rotatable bonds is 9. The molecule has 0 amide bonds. The van der Waals surface area contributed by atoms with E-state index < -0.39 is 0 Å². The number of hydrogen-bond acceptors (Lipinski definition) is 5. The maximum Gasteiger partial charge on any atom is 0.141 e. The van der Waals surface area contributed by atoms with Gasteiger partial charge in [0.15, 0.2) is 0 Å². The number of aromatic nitrogens is 3. The predicted octanol–water partition coefficient (Wildman–Crippen LogP) is 7.42. The van der Waals surface area contributed by atoms with Gasteiger partial charge in [-0.3, -0.25) is 4.40 Å². The van der Waals surface area contributed by atoms with Crippen molar-refractivity contribution in [1.29, 1.82) is 0 Å². The summed E-state index contributed by atoms with van der Waals surface area (Å²) in [5, 5.41) is 7.99. The van der Waals surface area contributed by atoms with Crippen LogP contribution in [0.15, 0.2) is 47.1 Å². The van der Waals surface area contributed by atoms with E-state index in [4.69, 9.17) is 14.2 Å². The van der Waals surface area contributed by atoms with Crippen LogP contribution < -0.4 is 10.1 Å². The van der Waals surface area contributed by atoms with Crippen molar-refractivity contribution in [3.05, 3.63) is 65.3 Å². The van der Waals surface area contributed by atoms with Crippen LogP contribution in [-0.4, -0.2) is 26.7 Å². The van der Waals surface area contributed by atoms with E-state index in [0.717, 1.165) is 64.8 Å². The Labute approximate surface area is 215 Å². The van der Waals surface area contributed by atoms with Crippen molar-refractivity contribution in [3.63, 3.8) is 0 Å². The summed E-state index contributed by atoms with van der Waals surface area (Å²) in [6, 6.07) is 12.6. The summed E-state index contributed by atoms with van der Waals surface area (Å²) < 4.78 is 13.2. The molecule has 1 aromatic carbocycles. The van der Waals surface area contributed by atoms with Crippen LogP contribution in [0.25, 0.3) is 16.8 Å². The van der Waals surface area contributed by atoms with Crippen LogP contribution in [0.2, 0.25) is 0 Å². The van der Waals surface area contributed by atoms with Crippen LogP contribution in [0.5, 0.6) is 5.75 Å². The Morgan fingerprint density at radius 2 is 1.72 bits per heavy atom. The van der Waals surface area contributed by atoms with Crippen molar-refractivity contribution in [3.8, 4) is 16.9 Å². The van der Waals surface area contributed by atoms with Gasteiger partial charge in [0.1, 0.15) is 23.0 Å². The number of aryl methyl sites for hydroxylation is 4. The number of fused-ring (bicyclic) bond motifs is 1. The van der Waals surface area contributed by atoms with Gasteiger partial charge in [-0.1, -0.05) is 38.1 Å². The van der Waals surface area contributed by atoms with Gasteiger partial charge in [-0.25, -0.2) is 4.98 Å². The van der Waals surface area contributed by atoms with Crippen molar-refractivity contribution >= 4 is 11.5 Å². The van der Waals surface area contributed by atoms with Gasteiger partial charge in [0.2, 0.25) is 0 Å². The second-order valence-corrected chi connectivity index (χ2v) is 11.6. The smallest absolute Gasteiger partial charge is 0.141 e. The van der Waals surface area contributed by atoms with E-state index in [0.29, 0.717) is 6.61 Å². The Hall–Kier alpha value is -3.28. The highest BCUT2D eigenvalue weighted by Crippen LogP contribution is 2.33. The molecule has 0 aliphatic rings. The van der Waals surface area contributed by atoms with Crippen LogP contribution >= 0.6 is 0 Å². The molecule has 0 aliphatic carbocycles. The number of nitrogens with zero attached hydrogens (tertiary/aromatic N) is 3. The highest BCUT2D eigenvalue weighted by atomic mass is 16.5. The van der Waals surface area contributed by atoms with Gasteiger partial charge in [0.25, 0.3) is 0 Å². The second-order valence-electron chi connectivity index (χ2n) is 11.6. The van der Waals surface area contributed by atoms with E-state index in [2.05, 4.69) is 80.0 Å². The molecule has 4 aromatic rings. The predicted molar refractivity (Wildman–Crippen MR) is 147 cm³/mol. The number of hydrogen-bond donors (Lipinski definition) is 1. The average Bonchev–Trinajstić information content (AvgIpc) is 3.29. The maximum atomic E-state index is 5.60. The van der Waals surface area contributed by atoms with Crippen LogP contribution in [0.1, 0.15) is 70.7 Å². The van der Waals surface area contributed by atoms with Gasteiger partial charge in [0.05, 0.1) is 18.0 Å². The minimum atomic E-state index is -0.0948. The Kier molecular flexibility index (Phi) is 7.17. The number of benzene rings is 1. The summed E-state index contributed by atoms with van der Waals surface area (Å²) in [5.74, 6) is 2.80. The molecule has 3 heterocycles. The third kappa shape index (κ3) is 5.92. The summed E-state index contributed by atoms with van der Waals surface area (Å²) in [6.07, 6.45) is 4.88. The zero-order valence-corrected chi connectivity index (χ0v) is 23.0. The topological polar surface area (TPSA) is 64.6 Å². The van der Waals surface area contributed by atoms with Gasteiger partial charge in [-0.05, 0) is 94.7 Å². The van der Waals surface area contributed by atoms with Crippen LogP contribution in [0.3, 0.4) is 0 Å². The van der Waals surface area contributed by atoms with Crippen molar-refractivity contribution in [1.82, 2.24) is 14.5 Å². The Morgan fingerprint density at radius 3 is 2.33 bits per heavy atom. The Bertz CT molecular complexity index is 1300. The van der Waals surface area contributed by atoms with Crippen molar-refractivity contribution in [2.24, 2.45) is 5.41 Å². The second kappa shape index (κ2) is 10.00. The molecule has 6 nitrogen and oxygen atoms in total. The summed E-state index contributed by atoms with van der Waals surface area (Å²) in [4.78, 5) is 5.11. The normalized spacial score (nSPS) is 12.3. The molecule has 0 unspecified atom stereocenters. The fourth-order valence-corrected chi connectivity index (χ4v) is 5.32. The first kappa shape index (κ1) is 25.8. The molecule has 3 aromatic heterocycles. The third-order valence-corrected chi connectivity index (χ3v) is 6.33. The molecule has 0 atom stereocenters. The fraction of sp³-hybridized carbons (Fsp3) is 0.467. The monoisotopic (exact) mass is 488 g/mol. The van der Waals surface area contributed by atoms with E-state index in [1.807, 2.05) is 32.9 Å². The molecule has 192 valence electrons. The summed E-state index contributed by atoms with van der Waals surface area (Å²) >= 11 is 0. The number of ether oxygens (including phenoxy) is 1. The molecule has 36 heavy (non-hydrogen) atoms. The van der Waals surface area contributed by atoms with Crippen molar-refractivity contribution in [2.45, 2.75) is 80.2 Å². The Balaban J connectivity index is 1.69. The quantitative estimate of drug-likeness (QED) is 0.266. The molecular formula is C30H40N4O2. The minimum Gasteiger partial charge on any atom is -0.494 e. The SMILES string of the molecule is CCOc1ccc(CCc2nc3cc(-c4c(C)noc4C)ccn3c2NC(C)(C)CC(C)(C)C)cc1. The molecule has 1 N–H and O–H groups in total. The number of imidazole rings is 1. The molecule has 0 saturated heterocycles. The molecule has 6 heteroatoms. The first-order valence-electron chi connectivity index (χ1n) is 12.9. The van der Waals surface area contributed by atoms with E-state index in [1.165, 1.54) is 5.56 Å². The van der Waals surface area contributed by atoms with E-state index in [1.54, 1.807) is 0 Å². The van der Waals surface area contributed by atoms with Crippen LogP contribution in [0, 0.1) is 19.3 Å².